The number of hydrogen-bond acceptors (Lipinski definition) is 3. The number of hydrogen-bond donors (Lipinski definition) is 0. The molecule has 1 aliphatic heterocycles. The minimum Gasteiger partial charge on any atom is -0.310 e. The van der Waals surface area contributed by atoms with E-state index in [4.69, 9.17) is 0 Å². The van der Waals surface area contributed by atoms with Crippen LogP contribution in [-0.2, 0) is 21.2 Å². The van der Waals surface area contributed by atoms with Crippen molar-refractivity contribution in [3.05, 3.63) is 59.2 Å². The summed E-state index contributed by atoms with van der Waals surface area (Å²) in [7, 11) is -3.64. The highest BCUT2D eigenvalue weighted by molar-refractivity contribution is 7.92. The lowest BCUT2D eigenvalue weighted by atomic mass is 10.0. The SMILES string of the molecule is CC[C@@H](C(=O)N1CCCc2ccccc21)N(c1cc(C)cc(C)c1)S(C)(=O)=O. The van der Waals surface area contributed by atoms with Gasteiger partial charge in [-0.2, -0.15) is 0 Å². The van der Waals surface area contributed by atoms with Crippen molar-refractivity contribution in [3.8, 4) is 0 Å². The molecule has 0 radical (unpaired) electrons. The van der Waals surface area contributed by atoms with Crippen LogP contribution >= 0.6 is 0 Å². The molecule has 0 spiro atoms. The van der Waals surface area contributed by atoms with Gasteiger partial charge in [-0.15, -0.1) is 0 Å². The van der Waals surface area contributed by atoms with E-state index in [-0.39, 0.29) is 5.91 Å². The lowest BCUT2D eigenvalue weighted by Crippen LogP contribution is -2.52. The van der Waals surface area contributed by atoms with Gasteiger partial charge in [-0.05, 0) is 68.0 Å². The highest BCUT2D eigenvalue weighted by Gasteiger charge is 2.36. The van der Waals surface area contributed by atoms with Gasteiger partial charge >= 0.3 is 0 Å². The third kappa shape index (κ3) is 4.07. The van der Waals surface area contributed by atoms with Gasteiger partial charge < -0.3 is 4.90 Å². The van der Waals surface area contributed by atoms with E-state index in [0.717, 1.165) is 35.2 Å². The fraction of sp³-hybridized carbons (Fsp3) is 0.409. The number of rotatable bonds is 5. The Labute approximate surface area is 168 Å². The molecule has 0 fully saturated rings. The zero-order valence-electron chi connectivity index (χ0n) is 17.0. The Morgan fingerprint density at radius 3 is 2.39 bits per heavy atom. The number of para-hydroxylation sites is 1. The van der Waals surface area contributed by atoms with E-state index < -0.39 is 16.1 Å². The summed E-state index contributed by atoms with van der Waals surface area (Å²) in [4.78, 5) is 15.3. The molecule has 1 aliphatic rings. The Hall–Kier alpha value is -2.34. The smallest absolute Gasteiger partial charge is 0.250 e. The van der Waals surface area contributed by atoms with Crippen molar-refractivity contribution in [1.29, 1.82) is 0 Å². The van der Waals surface area contributed by atoms with Gasteiger partial charge in [0, 0.05) is 12.2 Å². The van der Waals surface area contributed by atoms with E-state index in [1.807, 2.05) is 63.2 Å². The van der Waals surface area contributed by atoms with Gasteiger partial charge in [-0.25, -0.2) is 8.42 Å². The average Bonchev–Trinajstić information content (AvgIpc) is 2.63. The second kappa shape index (κ2) is 7.95. The van der Waals surface area contributed by atoms with Gasteiger partial charge in [-0.1, -0.05) is 31.2 Å². The average molecular weight is 401 g/mol. The largest absolute Gasteiger partial charge is 0.310 e. The number of anilines is 2. The summed E-state index contributed by atoms with van der Waals surface area (Å²) in [5.74, 6) is -0.167. The number of nitrogens with zero attached hydrogens (tertiary/aromatic N) is 2. The monoisotopic (exact) mass is 400 g/mol. The molecule has 2 aromatic carbocycles. The van der Waals surface area contributed by atoms with Crippen molar-refractivity contribution in [3.63, 3.8) is 0 Å². The Bertz CT molecular complexity index is 965. The van der Waals surface area contributed by atoms with Crippen LogP contribution in [0.4, 0.5) is 11.4 Å². The van der Waals surface area contributed by atoms with Gasteiger partial charge in [0.05, 0.1) is 11.9 Å². The van der Waals surface area contributed by atoms with Gasteiger partial charge in [0.15, 0.2) is 0 Å². The summed E-state index contributed by atoms with van der Waals surface area (Å²) >= 11 is 0. The second-order valence-corrected chi connectivity index (χ2v) is 9.41. The molecular weight excluding hydrogens is 372 g/mol. The maximum absolute atomic E-state index is 13.5. The van der Waals surface area contributed by atoms with E-state index in [1.54, 1.807) is 4.90 Å². The number of benzene rings is 2. The second-order valence-electron chi connectivity index (χ2n) is 7.55. The van der Waals surface area contributed by atoms with Crippen molar-refractivity contribution in [2.75, 3.05) is 22.0 Å². The van der Waals surface area contributed by atoms with Crippen molar-refractivity contribution in [2.24, 2.45) is 0 Å². The summed E-state index contributed by atoms with van der Waals surface area (Å²) in [6, 6.07) is 12.7. The summed E-state index contributed by atoms with van der Waals surface area (Å²) in [5.41, 5.74) is 4.51. The van der Waals surface area contributed by atoms with E-state index in [0.29, 0.717) is 18.7 Å². The van der Waals surface area contributed by atoms with Crippen molar-refractivity contribution in [1.82, 2.24) is 0 Å². The molecule has 0 unspecified atom stereocenters. The number of carbonyl (C=O) groups excluding carboxylic acids is 1. The van der Waals surface area contributed by atoms with Crippen LogP contribution in [0.1, 0.15) is 36.5 Å². The molecular formula is C22H28N2O3S. The zero-order valence-corrected chi connectivity index (χ0v) is 17.8. The molecule has 2 aromatic rings. The highest BCUT2D eigenvalue weighted by atomic mass is 32.2. The third-order valence-corrected chi connectivity index (χ3v) is 6.33. The fourth-order valence-corrected chi connectivity index (χ4v) is 5.25. The first-order chi connectivity index (χ1) is 13.2. The Kier molecular flexibility index (Phi) is 5.79. The molecule has 0 bridgehead atoms. The maximum Gasteiger partial charge on any atom is 0.250 e. The minimum absolute atomic E-state index is 0.167. The van der Waals surface area contributed by atoms with Crippen LogP contribution in [0.25, 0.3) is 0 Å². The van der Waals surface area contributed by atoms with Crippen molar-refractivity contribution < 1.29 is 13.2 Å². The summed E-state index contributed by atoms with van der Waals surface area (Å²) < 4.78 is 26.8. The molecule has 0 saturated carbocycles. The Morgan fingerprint density at radius 1 is 1.14 bits per heavy atom. The van der Waals surface area contributed by atoms with Crippen molar-refractivity contribution >= 4 is 27.3 Å². The topological polar surface area (TPSA) is 57.7 Å². The van der Waals surface area contributed by atoms with Crippen LogP contribution in [-0.4, -0.2) is 33.2 Å². The van der Waals surface area contributed by atoms with Crippen LogP contribution in [0, 0.1) is 13.8 Å². The molecule has 0 N–H and O–H groups in total. The Morgan fingerprint density at radius 2 is 1.79 bits per heavy atom. The summed E-state index contributed by atoms with van der Waals surface area (Å²) in [5, 5.41) is 0. The predicted molar refractivity (Wildman–Crippen MR) is 114 cm³/mol. The molecule has 0 aromatic heterocycles. The molecule has 28 heavy (non-hydrogen) atoms. The minimum atomic E-state index is -3.64. The predicted octanol–water partition coefficient (Wildman–Crippen LogP) is 3.83. The summed E-state index contributed by atoms with van der Waals surface area (Å²) in [6.07, 6.45) is 3.38. The molecule has 3 rings (SSSR count). The Balaban J connectivity index is 2.05. The fourth-order valence-electron chi connectivity index (χ4n) is 4.06. The summed E-state index contributed by atoms with van der Waals surface area (Å²) in [6.45, 7) is 6.33. The molecule has 0 saturated heterocycles. The van der Waals surface area contributed by atoms with E-state index in [9.17, 15) is 13.2 Å². The van der Waals surface area contributed by atoms with Crippen LogP contribution in [0.2, 0.25) is 0 Å². The van der Waals surface area contributed by atoms with Crippen LogP contribution < -0.4 is 9.21 Å². The highest BCUT2D eigenvalue weighted by Crippen LogP contribution is 2.31. The number of carbonyl (C=O) groups is 1. The van der Waals surface area contributed by atoms with Gasteiger partial charge in [0.25, 0.3) is 5.91 Å². The normalized spacial score (nSPS) is 15.1. The first-order valence-corrected chi connectivity index (χ1v) is 11.5. The van der Waals surface area contributed by atoms with Crippen molar-refractivity contribution in [2.45, 2.75) is 46.1 Å². The maximum atomic E-state index is 13.5. The number of sulfonamides is 1. The first kappa shape index (κ1) is 20.4. The third-order valence-electron chi connectivity index (χ3n) is 5.15. The van der Waals surface area contributed by atoms with Gasteiger partial charge in [0.2, 0.25) is 10.0 Å². The zero-order chi connectivity index (χ0) is 20.5. The molecule has 6 heteroatoms. The lowest BCUT2D eigenvalue weighted by Gasteiger charge is -2.36. The quantitative estimate of drug-likeness (QED) is 0.766. The molecule has 150 valence electrons. The molecule has 0 aliphatic carbocycles. The molecule has 1 atom stereocenters. The van der Waals surface area contributed by atoms with E-state index >= 15 is 0 Å². The molecule has 1 amide bonds. The number of amides is 1. The van der Waals surface area contributed by atoms with E-state index in [2.05, 4.69) is 0 Å². The van der Waals surface area contributed by atoms with Crippen LogP contribution in [0.3, 0.4) is 0 Å². The number of aryl methyl sites for hydroxylation is 3. The van der Waals surface area contributed by atoms with E-state index in [1.165, 1.54) is 10.6 Å². The van der Waals surface area contributed by atoms with Gasteiger partial charge in [0.1, 0.15) is 6.04 Å². The standard InChI is InChI=1S/C22H28N2O3S/c1-5-20(22(25)23-12-8-10-18-9-6-7-11-21(18)23)24(28(4,26)27)19-14-16(2)13-17(3)15-19/h6-7,9,11,13-15,20H,5,8,10,12H2,1-4H3/t20-/m0/s1. The lowest BCUT2D eigenvalue weighted by molar-refractivity contribution is -0.119. The first-order valence-electron chi connectivity index (χ1n) is 9.69. The molecule has 5 nitrogen and oxygen atoms in total. The van der Waals surface area contributed by atoms with Crippen LogP contribution in [0.5, 0.6) is 0 Å². The molecule has 1 heterocycles. The van der Waals surface area contributed by atoms with Gasteiger partial charge in [-0.3, -0.25) is 9.10 Å². The number of fused-ring (bicyclic) bond motifs is 1. The van der Waals surface area contributed by atoms with Crippen LogP contribution in [0.15, 0.2) is 42.5 Å².